The summed E-state index contributed by atoms with van der Waals surface area (Å²) >= 11 is 0. The predicted octanol–water partition coefficient (Wildman–Crippen LogP) is 26.8. The van der Waals surface area contributed by atoms with Gasteiger partial charge in [-0.25, -0.2) is 29.9 Å². The van der Waals surface area contributed by atoms with Crippen LogP contribution in [0.3, 0.4) is 0 Å². The fraction of sp³-hybridized carbons (Fsp3) is 0.0286. The third kappa shape index (κ3) is 10.7. The van der Waals surface area contributed by atoms with Crippen molar-refractivity contribution in [2.45, 2.75) is 19.3 Å². The quantitative estimate of drug-likeness (QED) is 0.134. The molecule has 23 rings (SSSR count). The van der Waals surface area contributed by atoms with Crippen LogP contribution >= 0.6 is 0 Å². The van der Waals surface area contributed by atoms with Gasteiger partial charge in [-0.2, -0.15) is 0 Å². The molecule has 1 aliphatic carbocycles. The van der Waals surface area contributed by atoms with E-state index in [1.807, 2.05) is 54.6 Å². The Balaban J connectivity index is 0.000000138. The van der Waals surface area contributed by atoms with E-state index < -0.39 is 0 Å². The summed E-state index contributed by atoms with van der Waals surface area (Å²) in [5.74, 6) is 3.87. The van der Waals surface area contributed by atoms with Gasteiger partial charge in [0.05, 0.1) is 22.1 Å². The molecule has 0 N–H and O–H groups in total. The van der Waals surface area contributed by atoms with E-state index in [2.05, 4.69) is 344 Å². The molecule has 4 aromatic heterocycles. The lowest BCUT2D eigenvalue weighted by Crippen LogP contribution is -2.15. The molecule has 0 saturated carbocycles. The Kier molecular flexibility index (Phi) is 15.1. The summed E-state index contributed by atoms with van der Waals surface area (Å²) in [4.78, 5) is 30.5. The number of rotatable bonds is 9. The van der Waals surface area contributed by atoms with E-state index in [0.29, 0.717) is 34.9 Å². The van der Waals surface area contributed by atoms with Gasteiger partial charge in [0.15, 0.2) is 34.9 Å². The summed E-state index contributed by atoms with van der Waals surface area (Å²) < 4.78 is 4.92. The van der Waals surface area contributed by atoms with Crippen LogP contribution in [-0.4, -0.2) is 39.0 Å². The van der Waals surface area contributed by atoms with Crippen molar-refractivity contribution < 1.29 is 0 Å². The van der Waals surface area contributed by atoms with Crippen molar-refractivity contribution in [2.75, 3.05) is 0 Å². The molecule has 8 heteroatoms. The number of hydrogen-bond acceptors (Lipinski definition) is 6. The van der Waals surface area contributed by atoms with Gasteiger partial charge in [-0.05, 0) is 143 Å². The molecule has 0 saturated heterocycles. The first kappa shape index (κ1) is 65.2. The minimum Gasteiger partial charge on any atom is -0.309 e. The van der Waals surface area contributed by atoms with E-state index in [9.17, 15) is 0 Å². The fourth-order valence-corrected chi connectivity index (χ4v) is 17.9. The molecule has 528 valence electrons. The maximum atomic E-state index is 5.20. The Labute approximate surface area is 651 Å². The molecule has 4 heterocycles. The molecule has 0 aliphatic heterocycles. The second-order valence-corrected chi connectivity index (χ2v) is 30.0. The topological polar surface area (TPSA) is 87.2 Å². The lowest BCUT2D eigenvalue weighted by atomic mass is 9.82. The molecule has 0 radical (unpaired) electrons. The average Bonchev–Trinajstić information content (AvgIpc) is 1.57. The minimum atomic E-state index is -0.133. The van der Waals surface area contributed by atoms with Crippen molar-refractivity contribution in [3.8, 4) is 102 Å². The maximum absolute atomic E-state index is 5.20. The molecule has 8 nitrogen and oxygen atoms in total. The van der Waals surface area contributed by atoms with Crippen LogP contribution in [-0.2, 0) is 5.41 Å². The Morgan fingerprint density at radius 2 is 0.549 bits per heavy atom. The zero-order chi connectivity index (χ0) is 74.8. The summed E-state index contributed by atoms with van der Waals surface area (Å²) in [6.45, 7) is 4.62. The number of aromatic nitrogens is 8. The largest absolute Gasteiger partial charge is 0.309 e. The highest BCUT2D eigenvalue weighted by Crippen LogP contribution is 2.51. The summed E-state index contributed by atoms with van der Waals surface area (Å²) in [5, 5.41) is 20.0. The predicted molar refractivity (Wildman–Crippen MR) is 469 cm³/mol. The van der Waals surface area contributed by atoms with Crippen LogP contribution < -0.4 is 0 Å². The molecule has 1 aliphatic rings. The molecule has 0 atom stereocenters. The monoisotopic (exact) mass is 1440 g/mol. The molecule has 0 amide bonds. The molecule has 113 heavy (non-hydrogen) atoms. The van der Waals surface area contributed by atoms with Gasteiger partial charge in [-0.1, -0.05) is 329 Å². The molecular formula is C105H68N8. The molecular weight excluding hydrogens is 1370 g/mol. The first-order valence-electron chi connectivity index (χ1n) is 38.6. The van der Waals surface area contributed by atoms with E-state index >= 15 is 0 Å². The van der Waals surface area contributed by atoms with Crippen molar-refractivity contribution in [1.82, 2.24) is 39.0 Å². The molecule has 0 bridgehead atoms. The molecule has 0 unspecified atom stereocenters. The summed E-state index contributed by atoms with van der Waals surface area (Å²) in [6, 6.07) is 134. The van der Waals surface area contributed by atoms with Crippen LogP contribution in [0.25, 0.3) is 210 Å². The second-order valence-electron chi connectivity index (χ2n) is 30.0. The molecule has 22 aromatic rings. The lowest BCUT2D eigenvalue weighted by Gasteiger charge is -2.21. The fourth-order valence-electron chi connectivity index (χ4n) is 17.9. The lowest BCUT2D eigenvalue weighted by molar-refractivity contribution is 0.660. The van der Waals surface area contributed by atoms with Crippen LogP contribution in [0.4, 0.5) is 0 Å². The highest BCUT2D eigenvalue weighted by molar-refractivity contribution is 6.37. The Morgan fingerprint density at radius 3 is 1.09 bits per heavy atom. The molecule has 0 fully saturated rings. The smallest absolute Gasteiger partial charge is 0.164 e. The highest BCUT2D eigenvalue weighted by atomic mass is 15.1. The van der Waals surface area contributed by atoms with Crippen molar-refractivity contribution in [1.29, 1.82) is 0 Å². The van der Waals surface area contributed by atoms with Crippen molar-refractivity contribution in [3.05, 3.63) is 387 Å². The highest BCUT2D eigenvalue weighted by Gasteiger charge is 2.36. The summed E-state index contributed by atoms with van der Waals surface area (Å²) in [6.07, 6.45) is 0. The van der Waals surface area contributed by atoms with Crippen LogP contribution in [0.15, 0.2) is 376 Å². The zero-order valence-corrected chi connectivity index (χ0v) is 61.9. The first-order chi connectivity index (χ1) is 55.8. The van der Waals surface area contributed by atoms with E-state index in [-0.39, 0.29) is 5.41 Å². The van der Waals surface area contributed by atoms with Crippen LogP contribution in [0, 0.1) is 0 Å². The van der Waals surface area contributed by atoms with E-state index in [1.165, 1.54) is 136 Å². The van der Waals surface area contributed by atoms with Crippen molar-refractivity contribution in [2.24, 2.45) is 0 Å². The molecule has 0 spiro atoms. The number of fused-ring (bicyclic) bond motifs is 23. The third-order valence-electron chi connectivity index (χ3n) is 23.2. The first-order valence-corrected chi connectivity index (χ1v) is 38.6. The van der Waals surface area contributed by atoms with Crippen molar-refractivity contribution >= 4 is 108 Å². The Hall–Kier alpha value is -14.9. The van der Waals surface area contributed by atoms with Gasteiger partial charge in [0, 0.05) is 87.9 Å². The standard InChI is InChI=1S/C54H36N4.C51H32N4/c1-54(2)46-23-13-12-20-41(46)42-30-27-36(32-47(42)54)53-56-51(34-15-4-3-5-16-34)55-52(57-53)35-24-28-37(29-25-35)58-49-38-17-7-6-14-33(38)26-31-45(49)48-43-21-10-8-18-39(43)40-19-9-11-22-44(40)50(48)58;1-3-13-33(14-4-1)34-23-25-37(26-24-34)50-52-49(36-16-5-2-6-17-36)53-51(54-50)38-27-30-39(31-28-38)55-45-32-29-35-15-7-8-18-40(35)46(45)47-43-21-11-9-19-41(43)42-20-10-12-22-44(42)48(47)55/h3-32H,1-2H3;1-32H. The normalized spacial score (nSPS) is 12.4. The Bertz CT molecular complexity index is 7600. The number of nitrogens with zero attached hydrogens (tertiary/aromatic N) is 8. The summed E-state index contributed by atoms with van der Waals surface area (Å²) in [5.41, 5.74) is 20.0. The Morgan fingerprint density at radius 1 is 0.204 bits per heavy atom. The van der Waals surface area contributed by atoms with Gasteiger partial charge in [0.2, 0.25) is 0 Å². The van der Waals surface area contributed by atoms with Crippen LogP contribution in [0.1, 0.15) is 25.0 Å². The second kappa shape index (κ2) is 26.2. The van der Waals surface area contributed by atoms with E-state index in [0.717, 1.165) is 50.3 Å². The molecule has 18 aromatic carbocycles. The number of benzene rings is 18. The third-order valence-corrected chi connectivity index (χ3v) is 23.2. The SMILES string of the molecule is CC1(C)c2ccccc2-c2ccc(-c3nc(-c4ccccc4)nc(-c4ccc(-n5c6c7ccccc7ccc6c6c7ccccc7c7ccccc7c65)cc4)n3)cc21.c1ccc(-c2ccc(-c3nc(-c4ccccc4)nc(-c4ccc(-n5c6ccc7ccccc7c6c6c7ccccc7c7ccccc7c65)cc4)n3)cc2)cc1. The zero-order valence-electron chi connectivity index (χ0n) is 61.9. The van der Waals surface area contributed by atoms with Crippen LogP contribution in [0.2, 0.25) is 0 Å². The van der Waals surface area contributed by atoms with Gasteiger partial charge in [-0.3, -0.25) is 0 Å². The summed E-state index contributed by atoms with van der Waals surface area (Å²) in [7, 11) is 0. The number of hydrogen-bond donors (Lipinski definition) is 0. The van der Waals surface area contributed by atoms with Gasteiger partial charge in [-0.15, -0.1) is 0 Å². The van der Waals surface area contributed by atoms with E-state index in [4.69, 9.17) is 29.9 Å². The van der Waals surface area contributed by atoms with Crippen LogP contribution in [0.5, 0.6) is 0 Å². The van der Waals surface area contributed by atoms with E-state index in [1.54, 1.807) is 0 Å². The van der Waals surface area contributed by atoms with Gasteiger partial charge in [0.25, 0.3) is 0 Å². The average molecular weight is 1440 g/mol. The minimum absolute atomic E-state index is 0.133. The maximum Gasteiger partial charge on any atom is 0.164 e. The van der Waals surface area contributed by atoms with Gasteiger partial charge < -0.3 is 9.13 Å². The van der Waals surface area contributed by atoms with Gasteiger partial charge >= 0.3 is 0 Å². The van der Waals surface area contributed by atoms with Gasteiger partial charge in [0.1, 0.15) is 0 Å². The van der Waals surface area contributed by atoms with Crippen molar-refractivity contribution in [3.63, 3.8) is 0 Å².